The van der Waals surface area contributed by atoms with Crippen molar-refractivity contribution >= 4 is 28.9 Å². The molecule has 3 aliphatic heterocycles. The Labute approximate surface area is 152 Å². The summed E-state index contributed by atoms with van der Waals surface area (Å²) >= 11 is 12.8. The Bertz CT molecular complexity index is 818. The maximum absolute atomic E-state index is 6.51. The molecule has 0 aliphatic carbocycles. The number of aryl methyl sites for hydroxylation is 1. The summed E-state index contributed by atoms with van der Waals surface area (Å²) < 4.78 is 0. The zero-order chi connectivity index (χ0) is 16.3. The molecule has 0 radical (unpaired) electrons. The molecule has 0 aromatic heterocycles. The monoisotopic (exact) mass is 358 g/mol. The number of rotatable bonds is 1. The molecule has 3 heterocycles. The molecule has 2 nitrogen and oxygen atoms in total. The molecule has 0 spiro atoms. The van der Waals surface area contributed by atoms with Crippen molar-refractivity contribution in [3.8, 4) is 11.1 Å². The van der Waals surface area contributed by atoms with E-state index in [9.17, 15) is 0 Å². The van der Waals surface area contributed by atoms with Crippen LogP contribution < -0.4 is 10.2 Å². The lowest BCUT2D eigenvalue weighted by Crippen LogP contribution is -2.40. The lowest BCUT2D eigenvalue weighted by atomic mass is 9.79. The van der Waals surface area contributed by atoms with E-state index in [-0.39, 0.29) is 0 Å². The molecule has 0 unspecified atom stereocenters. The van der Waals surface area contributed by atoms with Crippen LogP contribution in [-0.2, 0) is 6.42 Å². The smallest absolute Gasteiger partial charge is 0.0670 e. The van der Waals surface area contributed by atoms with E-state index in [4.69, 9.17) is 23.2 Å². The van der Waals surface area contributed by atoms with Gasteiger partial charge in [0, 0.05) is 43.3 Å². The first-order valence-corrected chi connectivity index (χ1v) is 9.55. The molecular weight excluding hydrogens is 339 g/mol. The van der Waals surface area contributed by atoms with Crippen molar-refractivity contribution in [2.75, 3.05) is 31.1 Å². The van der Waals surface area contributed by atoms with Crippen LogP contribution in [0.25, 0.3) is 11.1 Å². The minimum absolute atomic E-state index is 0.627. The van der Waals surface area contributed by atoms with Gasteiger partial charge in [-0.1, -0.05) is 35.3 Å². The number of fused-ring (bicyclic) bond motifs is 2. The highest BCUT2D eigenvalue weighted by atomic mass is 35.5. The summed E-state index contributed by atoms with van der Waals surface area (Å²) in [6, 6.07) is 10.6. The second kappa shape index (κ2) is 5.66. The SMILES string of the molecule is Clc1cccc(-c2cc3c4c(c2)[C@H]2CNC[C@H]2CN4CCC3)c1Cl. The third-order valence-corrected chi connectivity index (χ3v) is 6.68. The van der Waals surface area contributed by atoms with Crippen molar-refractivity contribution < 1.29 is 0 Å². The fourth-order valence-corrected chi connectivity index (χ4v) is 5.20. The molecule has 0 saturated carbocycles. The Morgan fingerprint density at radius 1 is 1.12 bits per heavy atom. The van der Waals surface area contributed by atoms with Crippen LogP contribution in [0.4, 0.5) is 5.69 Å². The Kier molecular flexibility index (Phi) is 3.55. The van der Waals surface area contributed by atoms with E-state index >= 15 is 0 Å². The fourth-order valence-electron chi connectivity index (χ4n) is 4.79. The van der Waals surface area contributed by atoms with E-state index in [1.165, 1.54) is 41.9 Å². The largest absolute Gasteiger partial charge is 0.371 e. The molecule has 24 heavy (non-hydrogen) atoms. The van der Waals surface area contributed by atoms with Gasteiger partial charge in [0.1, 0.15) is 0 Å². The van der Waals surface area contributed by atoms with Gasteiger partial charge in [-0.3, -0.25) is 0 Å². The predicted octanol–water partition coefficient (Wildman–Crippen LogP) is 4.73. The second-order valence-corrected chi connectivity index (χ2v) is 8.03. The van der Waals surface area contributed by atoms with Crippen LogP contribution in [0.2, 0.25) is 10.0 Å². The molecule has 3 aliphatic rings. The number of halogens is 2. The van der Waals surface area contributed by atoms with Gasteiger partial charge in [0.05, 0.1) is 10.0 Å². The molecule has 1 N–H and O–H groups in total. The van der Waals surface area contributed by atoms with Crippen molar-refractivity contribution in [2.45, 2.75) is 18.8 Å². The number of nitrogens with zero attached hydrogens (tertiary/aromatic N) is 1. The Morgan fingerprint density at radius 2 is 2.04 bits per heavy atom. The van der Waals surface area contributed by atoms with Crippen LogP contribution in [0.1, 0.15) is 23.5 Å². The zero-order valence-corrected chi connectivity index (χ0v) is 15.0. The van der Waals surface area contributed by atoms with E-state index < -0.39 is 0 Å². The van der Waals surface area contributed by atoms with Gasteiger partial charge in [-0.15, -0.1) is 0 Å². The van der Waals surface area contributed by atoms with Gasteiger partial charge in [0.25, 0.3) is 0 Å². The molecule has 2 atom stereocenters. The maximum atomic E-state index is 6.51. The molecule has 0 bridgehead atoms. The summed E-state index contributed by atoms with van der Waals surface area (Å²) in [6.07, 6.45) is 2.40. The first kappa shape index (κ1) is 15.1. The molecule has 5 rings (SSSR count). The highest BCUT2D eigenvalue weighted by Crippen LogP contribution is 2.47. The van der Waals surface area contributed by atoms with Crippen LogP contribution in [-0.4, -0.2) is 26.2 Å². The molecule has 124 valence electrons. The van der Waals surface area contributed by atoms with Gasteiger partial charge in [-0.05, 0) is 53.6 Å². The van der Waals surface area contributed by atoms with Gasteiger partial charge < -0.3 is 10.2 Å². The molecule has 4 heteroatoms. The molecule has 0 amide bonds. The van der Waals surface area contributed by atoms with E-state index in [1.54, 1.807) is 0 Å². The molecule has 2 aromatic rings. The first-order valence-electron chi connectivity index (χ1n) is 8.79. The van der Waals surface area contributed by atoms with Gasteiger partial charge in [0.15, 0.2) is 0 Å². The summed E-state index contributed by atoms with van der Waals surface area (Å²) in [7, 11) is 0. The topological polar surface area (TPSA) is 15.3 Å². The van der Waals surface area contributed by atoms with Crippen molar-refractivity contribution in [3.63, 3.8) is 0 Å². The molecular formula is C20H20Cl2N2. The van der Waals surface area contributed by atoms with Crippen LogP contribution in [0.15, 0.2) is 30.3 Å². The second-order valence-electron chi connectivity index (χ2n) is 7.25. The number of nitrogens with one attached hydrogen (secondary N) is 1. The predicted molar refractivity (Wildman–Crippen MR) is 102 cm³/mol. The van der Waals surface area contributed by atoms with E-state index in [0.29, 0.717) is 16.0 Å². The Morgan fingerprint density at radius 3 is 2.96 bits per heavy atom. The molecule has 2 aromatic carbocycles. The number of hydrogen-bond donors (Lipinski definition) is 1. The minimum atomic E-state index is 0.627. The summed E-state index contributed by atoms with van der Waals surface area (Å²) in [4.78, 5) is 2.62. The fraction of sp³-hybridized carbons (Fsp3) is 0.400. The Balaban J connectivity index is 1.72. The highest BCUT2D eigenvalue weighted by Gasteiger charge is 2.39. The van der Waals surface area contributed by atoms with E-state index in [2.05, 4.69) is 28.4 Å². The lowest BCUT2D eigenvalue weighted by Gasteiger charge is -2.42. The third-order valence-electron chi connectivity index (χ3n) is 5.87. The van der Waals surface area contributed by atoms with Crippen molar-refractivity contribution in [3.05, 3.63) is 51.5 Å². The van der Waals surface area contributed by atoms with Gasteiger partial charge >= 0.3 is 0 Å². The lowest BCUT2D eigenvalue weighted by molar-refractivity contribution is 0.470. The highest BCUT2D eigenvalue weighted by molar-refractivity contribution is 6.43. The standard InChI is InChI=1S/C20H20Cl2N2/c21-18-5-1-4-15(19(18)22)13-7-12-3-2-6-24-11-14-9-23-10-17(14)16(8-13)20(12)24/h1,4-5,7-8,14,17,23H,2-3,6,9-11H2/t14-,17-/m0/s1. The zero-order valence-electron chi connectivity index (χ0n) is 13.5. The van der Waals surface area contributed by atoms with Crippen LogP contribution >= 0.6 is 23.2 Å². The van der Waals surface area contributed by atoms with Crippen LogP contribution in [0, 0.1) is 5.92 Å². The summed E-state index contributed by atoms with van der Waals surface area (Å²) in [5.41, 5.74) is 6.77. The average Bonchev–Trinajstić information content (AvgIpc) is 3.06. The molecule has 1 saturated heterocycles. The minimum Gasteiger partial charge on any atom is -0.371 e. The van der Waals surface area contributed by atoms with Crippen LogP contribution in [0.3, 0.4) is 0 Å². The average molecular weight is 359 g/mol. The van der Waals surface area contributed by atoms with E-state index in [1.807, 2.05) is 12.1 Å². The van der Waals surface area contributed by atoms with Crippen molar-refractivity contribution in [2.24, 2.45) is 5.92 Å². The summed E-state index contributed by atoms with van der Waals surface area (Å²) in [5, 5.41) is 4.89. The quantitative estimate of drug-likeness (QED) is 0.792. The summed E-state index contributed by atoms with van der Waals surface area (Å²) in [5.74, 6) is 1.36. The molecule has 1 fully saturated rings. The van der Waals surface area contributed by atoms with Crippen LogP contribution in [0.5, 0.6) is 0 Å². The first-order chi connectivity index (χ1) is 11.7. The van der Waals surface area contributed by atoms with E-state index in [0.717, 1.165) is 31.0 Å². The van der Waals surface area contributed by atoms with Crippen molar-refractivity contribution in [1.82, 2.24) is 5.32 Å². The maximum Gasteiger partial charge on any atom is 0.0670 e. The van der Waals surface area contributed by atoms with Crippen molar-refractivity contribution in [1.29, 1.82) is 0 Å². The number of hydrogen-bond acceptors (Lipinski definition) is 2. The Hall–Kier alpha value is -1.22. The normalized spacial score (nSPS) is 24.7. The number of anilines is 1. The third kappa shape index (κ3) is 2.20. The number of benzene rings is 2. The summed E-state index contributed by atoms with van der Waals surface area (Å²) in [6.45, 7) is 4.63. The van der Waals surface area contributed by atoms with Gasteiger partial charge in [-0.25, -0.2) is 0 Å². The van der Waals surface area contributed by atoms with Gasteiger partial charge in [-0.2, -0.15) is 0 Å². The van der Waals surface area contributed by atoms with Gasteiger partial charge in [0.2, 0.25) is 0 Å².